The van der Waals surface area contributed by atoms with Crippen molar-refractivity contribution in [2.75, 3.05) is 25.0 Å². The largest absolute Gasteiger partial charge is 0.462 e. The molecule has 0 spiro atoms. The Hall–Kier alpha value is -3.82. The summed E-state index contributed by atoms with van der Waals surface area (Å²) in [7, 11) is 0. The predicted molar refractivity (Wildman–Crippen MR) is 135 cm³/mol. The van der Waals surface area contributed by atoms with E-state index in [1.807, 2.05) is 18.2 Å². The number of thiophene rings is 1. The topological polar surface area (TPSA) is 96.0 Å². The van der Waals surface area contributed by atoms with Crippen LogP contribution in [-0.2, 0) is 29.0 Å². The molecule has 0 atom stereocenters. The number of nitrogens with zero attached hydrogens (tertiary/aromatic N) is 2. The Morgan fingerprint density at radius 1 is 1.00 bits per heavy atom. The van der Waals surface area contributed by atoms with Crippen LogP contribution in [0.1, 0.15) is 54.0 Å². The van der Waals surface area contributed by atoms with E-state index in [1.165, 1.54) is 16.9 Å². The first-order valence-corrected chi connectivity index (χ1v) is 12.6. The standard InChI is InChI=1S/C27H25N3O5S/c1-2-35-27(34)23-20-12-13-29(14-17-8-4-3-5-9-17)15-21(20)36-24(23)28-22(31)16-30-25(32)18-10-6-7-11-19(18)26(30)33/h3-11H,2,12-16H2,1H3,(H,28,31). The number of rotatable bonds is 7. The van der Waals surface area contributed by atoms with E-state index < -0.39 is 30.2 Å². The minimum atomic E-state index is -0.546. The van der Waals surface area contributed by atoms with Crippen molar-refractivity contribution in [1.29, 1.82) is 0 Å². The maximum absolute atomic E-state index is 12.9. The van der Waals surface area contributed by atoms with Gasteiger partial charge in [-0.3, -0.25) is 24.2 Å². The molecule has 0 saturated heterocycles. The van der Waals surface area contributed by atoms with E-state index in [9.17, 15) is 19.2 Å². The zero-order valence-electron chi connectivity index (χ0n) is 19.8. The third kappa shape index (κ3) is 4.55. The highest BCUT2D eigenvalue weighted by Gasteiger charge is 2.37. The van der Waals surface area contributed by atoms with Crippen LogP contribution in [0.2, 0.25) is 0 Å². The predicted octanol–water partition coefficient (Wildman–Crippen LogP) is 3.72. The van der Waals surface area contributed by atoms with Crippen molar-refractivity contribution in [2.24, 2.45) is 0 Å². The Balaban J connectivity index is 1.35. The van der Waals surface area contributed by atoms with Gasteiger partial charge in [-0.15, -0.1) is 11.3 Å². The summed E-state index contributed by atoms with van der Waals surface area (Å²) in [6.45, 7) is 3.72. The van der Waals surface area contributed by atoms with Gasteiger partial charge < -0.3 is 10.1 Å². The summed E-state index contributed by atoms with van der Waals surface area (Å²) < 4.78 is 5.29. The number of ether oxygens (including phenoxy) is 1. The number of carbonyl (C=O) groups is 4. The number of anilines is 1. The van der Waals surface area contributed by atoms with Crippen molar-refractivity contribution in [3.05, 3.63) is 87.3 Å². The molecule has 0 aliphatic carbocycles. The van der Waals surface area contributed by atoms with Crippen LogP contribution >= 0.6 is 11.3 Å². The second-order valence-corrected chi connectivity index (χ2v) is 9.77. The molecule has 1 aromatic heterocycles. The van der Waals surface area contributed by atoms with Gasteiger partial charge in [0.25, 0.3) is 11.8 Å². The fourth-order valence-corrected chi connectivity index (χ4v) is 5.93. The number of hydrogen-bond donors (Lipinski definition) is 1. The number of esters is 1. The number of carbonyl (C=O) groups excluding carboxylic acids is 4. The van der Waals surface area contributed by atoms with Gasteiger partial charge in [0, 0.05) is 24.5 Å². The van der Waals surface area contributed by atoms with Crippen LogP contribution in [0.15, 0.2) is 54.6 Å². The van der Waals surface area contributed by atoms with Crippen LogP contribution in [0.4, 0.5) is 5.00 Å². The lowest BCUT2D eigenvalue weighted by molar-refractivity contribution is -0.116. The van der Waals surface area contributed by atoms with Crippen LogP contribution in [0, 0.1) is 0 Å². The molecule has 0 fully saturated rings. The molecule has 5 rings (SSSR count). The molecular weight excluding hydrogens is 478 g/mol. The number of imide groups is 1. The monoisotopic (exact) mass is 503 g/mol. The first kappa shape index (κ1) is 23.9. The molecule has 1 N–H and O–H groups in total. The molecule has 0 unspecified atom stereocenters. The zero-order valence-corrected chi connectivity index (χ0v) is 20.6. The summed E-state index contributed by atoms with van der Waals surface area (Å²) in [6.07, 6.45) is 0.654. The van der Waals surface area contributed by atoms with E-state index in [0.717, 1.165) is 28.4 Å². The SMILES string of the molecule is CCOC(=O)c1c(NC(=O)CN2C(=O)c3ccccc3C2=O)sc2c1CCN(Cc1ccccc1)C2. The number of nitrogens with one attached hydrogen (secondary N) is 1. The molecule has 2 aliphatic heterocycles. The Kier molecular flexibility index (Phi) is 6.67. The van der Waals surface area contributed by atoms with E-state index in [2.05, 4.69) is 22.3 Å². The van der Waals surface area contributed by atoms with Crippen molar-refractivity contribution in [2.45, 2.75) is 26.4 Å². The smallest absolute Gasteiger partial charge is 0.341 e. The summed E-state index contributed by atoms with van der Waals surface area (Å²) in [4.78, 5) is 55.3. The molecule has 3 amide bonds. The van der Waals surface area contributed by atoms with Gasteiger partial charge >= 0.3 is 5.97 Å². The van der Waals surface area contributed by atoms with E-state index in [-0.39, 0.29) is 17.7 Å². The summed E-state index contributed by atoms with van der Waals surface area (Å²) in [5, 5.41) is 3.17. The second kappa shape index (κ2) is 10.0. The molecule has 0 radical (unpaired) electrons. The second-order valence-electron chi connectivity index (χ2n) is 8.66. The van der Waals surface area contributed by atoms with Crippen LogP contribution in [0.5, 0.6) is 0 Å². The highest BCUT2D eigenvalue weighted by Crippen LogP contribution is 2.38. The van der Waals surface area contributed by atoms with Crippen molar-refractivity contribution in [3.63, 3.8) is 0 Å². The molecule has 2 aromatic carbocycles. The summed E-state index contributed by atoms with van der Waals surface area (Å²) in [5.74, 6) is -2.03. The van der Waals surface area contributed by atoms with Gasteiger partial charge in [-0.2, -0.15) is 0 Å². The summed E-state index contributed by atoms with van der Waals surface area (Å²) in [6, 6.07) is 16.7. The molecule has 8 nitrogen and oxygen atoms in total. The average Bonchev–Trinajstić information content (AvgIpc) is 3.34. The van der Waals surface area contributed by atoms with Crippen LogP contribution < -0.4 is 5.32 Å². The molecule has 2 aliphatic rings. The molecule has 3 aromatic rings. The maximum atomic E-state index is 12.9. The van der Waals surface area contributed by atoms with Gasteiger partial charge in [-0.1, -0.05) is 42.5 Å². The van der Waals surface area contributed by atoms with Crippen LogP contribution in [0.3, 0.4) is 0 Å². The lowest BCUT2D eigenvalue weighted by atomic mass is 10.0. The number of amides is 3. The Morgan fingerprint density at radius 2 is 1.67 bits per heavy atom. The van der Waals surface area contributed by atoms with E-state index in [4.69, 9.17) is 4.74 Å². The maximum Gasteiger partial charge on any atom is 0.341 e. The third-order valence-electron chi connectivity index (χ3n) is 6.30. The minimum Gasteiger partial charge on any atom is -0.462 e. The number of benzene rings is 2. The Bertz CT molecular complexity index is 1320. The first-order chi connectivity index (χ1) is 17.5. The van der Waals surface area contributed by atoms with Crippen molar-refractivity contribution < 1.29 is 23.9 Å². The fraction of sp³-hybridized carbons (Fsp3) is 0.259. The van der Waals surface area contributed by atoms with Crippen molar-refractivity contribution in [3.8, 4) is 0 Å². The first-order valence-electron chi connectivity index (χ1n) is 11.8. The lowest BCUT2D eigenvalue weighted by Gasteiger charge is -2.27. The third-order valence-corrected chi connectivity index (χ3v) is 7.43. The Morgan fingerprint density at radius 3 is 2.33 bits per heavy atom. The van der Waals surface area contributed by atoms with Crippen molar-refractivity contribution >= 4 is 40.0 Å². The highest BCUT2D eigenvalue weighted by molar-refractivity contribution is 7.17. The van der Waals surface area contributed by atoms with Gasteiger partial charge in [0.15, 0.2) is 0 Å². The highest BCUT2D eigenvalue weighted by atomic mass is 32.1. The lowest BCUT2D eigenvalue weighted by Crippen LogP contribution is -2.37. The minimum absolute atomic E-state index is 0.214. The van der Waals surface area contributed by atoms with Gasteiger partial charge in [0.1, 0.15) is 11.5 Å². The summed E-state index contributed by atoms with van der Waals surface area (Å²) in [5.41, 5.74) is 3.03. The molecular formula is C27H25N3O5S. The van der Waals surface area contributed by atoms with Gasteiger partial charge in [0.2, 0.25) is 5.91 Å². The molecule has 0 saturated carbocycles. The average molecular weight is 504 g/mol. The van der Waals surface area contributed by atoms with Crippen LogP contribution in [-0.4, -0.2) is 53.2 Å². The quantitative estimate of drug-likeness (QED) is 0.390. The van der Waals surface area contributed by atoms with E-state index in [0.29, 0.717) is 23.5 Å². The van der Waals surface area contributed by atoms with E-state index >= 15 is 0 Å². The molecule has 0 bridgehead atoms. The summed E-state index contributed by atoms with van der Waals surface area (Å²) >= 11 is 1.34. The molecule has 184 valence electrons. The molecule has 36 heavy (non-hydrogen) atoms. The van der Waals surface area contributed by atoms with Gasteiger partial charge in [0.05, 0.1) is 23.3 Å². The van der Waals surface area contributed by atoms with Crippen LogP contribution in [0.25, 0.3) is 0 Å². The van der Waals surface area contributed by atoms with Crippen molar-refractivity contribution in [1.82, 2.24) is 9.80 Å². The number of fused-ring (bicyclic) bond motifs is 2. The van der Waals surface area contributed by atoms with E-state index in [1.54, 1.807) is 31.2 Å². The van der Waals surface area contributed by atoms with Gasteiger partial charge in [-0.05, 0) is 36.6 Å². The zero-order chi connectivity index (χ0) is 25.2. The van der Waals surface area contributed by atoms with Gasteiger partial charge in [-0.25, -0.2) is 4.79 Å². The fourth-order valence-electron chi connectivity index (χ4n) is 4.63. The normalized spacial score (nSPS) is 15.0. The Labute approximate surface area is 212 Å². The molecule has 3 heterocycles. The number of hydrogen-bond acceptors (Lipinski definition) is 7. The molecule has 9 heteroatoms.